The molecule has 8 nitrogen and oxygen atoms in total. The monoisotopic (exact) mass is 318 g/mol. The molecule has 0 spiro atoms. The number of amides is 2. The van der Waals surface area contributed by atoms with Gasteiger partial charge in [0.05, 0.1) is 5.56 Å². The fraction of sp³-hybridized carbons (Fsp3) is 0.308. The van der Waals surface area contributed by atoms with Crippen molar-refractivity contribution in [3.05, 3.63) is 29.4 Å². The van der Waals surface area contributed by atoms with E-state index in [0.717, 1.165) is 13.0 Å². The van der Waals surface area contributed by atoms with Gasteiger partial charge in [0, 0.05) is 19.8 Å². The number of likely N-dealkylation sites (N-methyl/N-ethyl adjacent to an activating group) is 1. The number of aromatic nitrogens is 3. The molecule has 3 rings (SSSR count). The second-order valence-corrected chi connectivity index (χ2v) is 5.71. The highest BCUT2D eigenvalue weighted by Gasteiger charge is 2.28. The molecule has 1 fully saturated rings. The Bertz CT molecular complexity index is 672. The molecule has 0 aromatic carbocycles. The standard InChI is InChI=1S/C13H14N6O2S/c1-19-5-4-9(12(19)21)16-10-3-2-8(6-14-10)11(20)17-13-18-15-7-22-13/h2-3,6-7,9H,4-5H2,1H3,(H,14,16)(H,17,18,20). The Labute approximate surface area is 130 Å². The highest BCUT2D eigenvalue weighted by molar-refractivity contribution is 7.13. The first-order valence-electron chi connectivity index (χ1n) is 6.68. The largest absolute Gasteiger partial charge is 0.358 e. The predicted molar refractivity (Wildman–Crippen MR) is 81.8 cm³/mol. The number of hydrogen-bond donors (Lipinski definition) is 2. The van der Waals surface area contributed by atoms with E-state index in [-0.39, 0.29) is 17.9 Å². The summed E-state index contributed by atoms with van der Waals surface area (Å²) in [6, 6.07) is 3.08. The Hall–Kier alpha value is -2.55. The molecule has 1 atom stereocenters. The Morgan fingerprint density at radius 1 is 1.45 bits per heavy atom. The molecular weight excluding hydrogens is 304 g/mol. The van der Waals surface area contributed by atoms with Crippen molar-refractivity contribution < 1.29 is 9.59 Å². The molecule has 2 amide bonds. The van der Waals surface area contributed by atoms with Crippen molar-refractivity contribution in [1.82, 2.24) is 20.1 Å². The van der Waals surface area contributed by atoms with E-state index in [0.29, 0.717) is 16.5 Å². The number of carbonyl (C=O) groups is 2. The van der Waals surface area contributed by atoms with E-state index in [1.165, 1.54) is 23.0 Å². The molecule has 1 saturated heterocycles. The van der Waals surface area contributed by atoms with E-state index in [1.807, 2.05) is 0 Å². The second kappa shape index (κ2) is 6.06. The van der Waals surface area contributed by atoms with Crippen molar-refractivity contribution in [2.24, 2.45) is 0 Å². The first kappa shape index (κ1) is 14.4. The number of nitrogens with zero attached hydrogens (tertiary/aromatic N) is 4. The van der Waals surface area contributed by atoms with Crippen LogP contribution in [0.2, 0.25) is 0 Å². The van der Waals surface area contributed by atoms with Crippen LogP contribution < -0.4 is 10.6 Å². The van der Waals surface area contributed by atoms with Gasteiger partial charge in [-0.2, -0.15) is 0 Å². The number of anilines is 2. The number of carbonyl (C=O) groups excluding carboxylic acids is 2. The van der Waals surface area contributed by atoms with Gasteiger partial charge in [-0.3, -0.25) is 14.9 Å². The summed E-state index contributed by atoms with van der Waals surface area (Å²) in [4.78, 5) is 29.7. The summed E-state index contributed by atoms with van der Waals surface area (Å²) in [6.45, 7) is 0.735. The maximum atomic E-state index is 12.0. The first-order valence-corrected chi connectivity index (χ1v) is 7.56. The summed E-state index contributed by atoms with van der Waals surface area (Å²) in [7, 11) is 1.78. The molecular formula is C13H14N6O2S. The highest BCUT2D eigenvalue weighted by atomic mass is 32.1. The van der Waals surface area contributed by atoms with Crippen LogP contribution in [0, 0.1) is 0 Å². The van der Waals surface area contributed by atoms with Gasteiger partial charge in [0.25, 0.3) is 5.91 Å². The zero-order valence-electron chi connectivity index (χ0n) is 11.8. The number of nitrogens with one attached hydrogen (secondary N) is 2. The van der Waals surface area contributed by atoms with Crippen LogP contribution in [0.1, 0.15) is 16.8 Å². The molecule has 0 bridgehead atoms. The molecule has 2 aromatic rings. The Kier molecular flexibility index (Phi) is 3.96. The first-order chi connectivity index (χ1) is 10.6. The fourth-order valence-electron chi connectivity index (χ4n) is 2.15. The van der Waals surface area contributed by atoms with E-state index in [2.05, 4.69) is 25.8 Å². The molecule has 0 aliphatic carbocycles. The summed E-state index contributed by atoms with van der Waals surface area (Å²) in [5.74, 6) is 0.327. The quantitative estimate of drug-likeness (QED) is 0.866. The number of hydrogen-bond acceptors (Lipinski definition) is 7. The minimum absolute atomic E-state index is 0.0555. The van der Waals surface area contributed by atoms with Gasteiger partial charge < -0.3 is 10.2 Å². The summed E-state index contributed by atoms with van der Waals surface area (Å²) >= 11 is 1.24. The van der Waals surface area contributed by atoms with Crippen molar-refractivity contribution >= 4 is 34.1 Å². The Morgan fingerprint density at radius 2 is 2.32 bits per heavy atom. The minimum Gasteiger partial charge on any atom is -0.358 e. The van der Waals surface area contributed by atoms with Crippen LogP contribution in [-0.2, 0) is 4.79 Å². The van der Waals surface area contributed by atoms with Crippen molar-refractivity contribution in [3.8, 4) is 0 Å². The van der Waals surface area contributed by atoms with Gasteiger partial charge in [-0.05, 0) is 18.6 Å². The molecule has 1 unspecified atom stereocenters. The van der Waals surface area contributed by atoms with Crippen molar-refractivity contribution in [2.45, 2.75) is 12.5 Å². The van der Waals surface area contributed by atoms with Gasteiger partial charge >= 0.3 is 0 Å². The SMILES string of the molecule is CN1CCC(Nc2ccc(C(=O)Nc3nncs3)cn2)C1=O. The fourth-order valence-corrected chi connectivity index (χ4v) is 2.59. The van der Waals surface area contributed by atoms with Gasteiger partial charge in [0.1, 0.15) is 17.4 Å². The summed E-state index contributed by atoms with van der Waals surface area (Å²) in [6.07, 6.45) is 2.21. The van der Waals surface area contributed by atoms with Crippen LogP contribution in [0.25, 0.3) is 0 Å². The van der Waals surface area contributed by atoms with E-state index in [9.17, 15) is 9.59 Å². The maximum absolute atomic E-state index is 12.0. The van der Waals surface area contributed by atoms with E-state index < -0.39 is 0 Å². The van der Waals surface area contributed by atoms with Crippen LogP contribution in [-0.4, -0.2) is 51.5 Å². The average molecular weight is 318 g/mol. The number of likely N-dealkylation sites (tertiary alicyclic amines) is 1. The van der Waals surface area contributed by atoms with Crippen LogP contribution in [0.5, 0.6) is 0 Å². The Balaban J connectivity index is 1.63. The normalized spacial score (nSPS) is 17.6. The molecule has 2 aromatic heterocycles. The van der Waals surface area contributed by atoms with Gasteiger partial charge in [-0.1, -0.05) is 11.3 Å². The maximum Gasteiger partial charge on any atom is 0.259 e. The zero-order chi connectivity index (χ0) is 15.5. The van der Waals surface area contributed by atoms with E-state index >= 15 is 0 Å². The lowest BCUT2D eigenvalue weighted by Gasteiger charge is -2.12. The van der Waals surface area contributed by atoms with Crippen LogP contribution in [0.4, 0.5) is 10.9 Å². The summed E-state index contributed by atoms with van der Waals surface area (Å²) < 4.78 is 0. The van der Waals surface area contributed by atoms with Crippen molar-refractivity contribution in [1.29, 1.82) is 0 Å². The molecule has 2 N–H and O–H groups in total. The van der Waals surface area contributed by atoms with Gasteiger partial charge in [0.2, 0.25) is 11.0 Å². The van der Waals surface area contributed by atoms with Crippen LogP contribution >= 0.6 is 11.3 Å². The zero-order valence-corrected chi connectivity index (χ0v) is 12.6. The topological polar surface area (TPSA) is 100 Å². The molecule has 22 heavy (non-hydrogen) atoms. The molecule has 0 radical (unpaired) electrons. The summed E-state index contributed by atoms with van der Waals surface area (Å²) in [5, 5.41) is 13.5. The van der Waals surface area contributed by atoms with Crippen molar-refractivity contribution in [2.75, 3.05) is 24.2 Å². The lowest BCUT2D eigenvalue weighted by molar-refractivity contribution is -0.127. The minimum atomic E-state index is -0.299. The second-order valence-electron chi connectivity index (χ2n) is 4.88. The lowest BCUT2D eigenvalue weighted by atomic mass is 10.2. The van der Waals surface area contributed by atoms with Gasteiger partial charge in [0.15, 0.2) is 0 Å². The third-order valence-corrected chi connectivity index (χ3v) is 3.96. The smallest absolute Gasteiger partial charge is 0.259 e. The number of rotatable bonds is 4. The Morgan fingerprint density at radius 3 is 2.91 bits per heavy atom. The predicted octanol–water partition coefficient (Wildman–Crippen LogP) is 0.828. The third kappa shape index (κ3) is 3.03. The summed E-state index contributed by atoms with van der Waals surface area (Å²) in [5.41, 5.74) is 1.95. The van der Waals surface area contributed by atoms with Crippen LogP contribution in [0.3, 0.4) is 0 Å². The lowest BCUT2D eigenvalue weighted by Crippen LogP contribution is -2.31. The van der Waals surface area contributed by atoms with Crippen LogP contribution in [0.15, 0.2) is 23.8 Å². The van der Waals surface area contributed by atoms with Crippen molar-refractivity contribution in [3.63, 3.8) is 0 Å². The highest BCUT2D eigenvalue weighted by Crippen LogP contribution is 2.15. The van der Waals surface area contributed by atoms with Gasteiger partial charge in [-0.15, -0.1) is 10.2 Å². The average Bonchev–Trinajstić information content (AvgIpc) is 3.13. The molecule has 1 aliphatic rings. The van der Waals surface area contributed by atoms with E-state index in [1.54, 1.807) is 24.1 Å². The molecule has 1 aliphatic heterocycles. The van der Waals surface area contributed by atoms with Gasteiger partial charge in [-0.25, -0.2) is 4.98 Å². The molecule has 3 heterocycles. The molecule has 114 valence electrons. The molecule has 9 heteroatoms. The third-order valence-electron chi connectivity index (χ3n) is 3.36. The molecule has 0 saturated carbocycles. The van der Waals surface area contributed by atoms with E-state index in [4.69, 9.17) is 0 Å². The number of pyridine rings is 1.